The summed E-state index contributed by atoms with van der Waals surface area (Å²) in [7, 11) is 0. The fourth-order valence-electron chi connectivity index (χ4n) is 2.92. The average Bonchev–Trinajstić information content (AvgIpc) is 3.05. The molecule has 1 aliphatic heterocycles. The molecule has 0 amide bonds. The molecule has 2 aromatic rings. The van der Waals surface area contributed by atoms with Gasteiger partial charge in [-0.15, -0.1) is 0 Å². The molecule has 0 aliphatic carbocycles. The highest BCUT2D eigenvalue weighted by atomic mass is 19.1. The van der Waals surface area contributed by atoms with Crippen LogP contribution < -0.4 is 10.2 Å². The van der Waals surface area contributed by atoms with E-state index in [-0.39, 0.29) is 5.82 Å². The highest BCUT2D eigenvalue weighted by molar-refractivity contribution is 5.33. The Bertz CT molecular complexity index is 681. The Morgan fingerprint density at radius 3 is 2.61 bits per heavy atom. The van der Waals surface area contributed by atoms with Crippen LogP contribution in [0.25, 0.3) is 0 Å². The molecule has 2 heterocycles. The van der Waals surface area contributed by atoms with Gasteiger partial charge in [-0.3, -0.25) is 0 Å². The van der Waals surface area contributed by atoms with Gasteiger partial charge in [0.1, 0.15) is 5.82 Å². The third-order valence-electron chi connectivity index (χ3n) is 4.14. The number of halogens is 1. The molecule has 0 spiro atoms. The van der Waals surface area contributed by atoms with Crippen LogP contribution in [0.3, 0.4) is 0 Å². The molecule has 0 radical (unpaired) electrons. The Labute approximate surface area is 136 Å². The van der Waals surface area contributed by atoms with E-state index in [1.54, 1.807) is 6.92 Å². The molecule has 23 heavy (non-hydrogen) atoms. The van der Waals surface area contributed by atoms with Gasteiger partial charge in [0.25, 0.3) is 0 Å². The van der Waals surface area contributed by atoms with Crippen LogP contribution in [-0.4, -0.2) is 23.1 Å². The predicted octanol–water partition coefficient (Wildman–Crippen LogP) is 3.12. The number of nitrogens with one attached hydrogen (secondary N) is 1. The van der Waals surface area contributed by atoms with Gasteiger partial charge in [-0.25, -0.2) is 14.4 Å². The van der Waals surface area contributed by atoms with Crippen molar-refractivity contribution in [1.29, 1.82) is 0 Å². The van der Waals surface area contributed by atoms with Gasteiger partial charge in [-0.1, -0.05) is 12.1 Å². The first-order valence-electron chi connectivity index (χ1n) is 8.17. The van der Waals surface area contributed by atoms with E-state index in [1.165, 1.54) is 18.9 Å². The van der Waals surface area contributed by atoms with Crippen molar-refractivity contribution in [3.63, 3.8) is 0 Å². The molecule has 122 valence electrons. The van der Waals surface area contributed by atoms with Gasteiger partial charge in [-0.2, -0.15) is 0 Å². The first-order chi connectivity index (χ1) is 11.1. The van der Waals surface area contributed by atoms with E-state index < -0.39 is 0 Å². The zero-order chi connectivity index (χ0) is 16.2. The normalized spacial score (nSPS) is 14.5. The van der Waals surface area contributed by atoms with E-state index >= 15 is 0 Å². The molecule has 0 unspecified atom stereocenters. The fourth-order valence-corrected chi connectivity index (χ4v) is 2.92. The Morgan fingerprint density at radius 1 is 1.09 bits per heavy atom. The van der Waals surface area contributed by atoms with Gasteiger partial charge >= 0.3 is 0 Å². The van der Waals surface area contributed by atoms with Crippen molar-refractivity contribution in [1.82, 2.24) is 15.3 Å². The molecule has 5 heteroatoms. The largest absolute Gasteiger partial charge is 0.341 e. The zero-order valence-corrected chi connectivity index (χ0v) is 13.8. The standard InChI is InChI=1S/C18H23FN4/c1-13-9-15(5-6-17(13)19)11-20-12-16-10-14(2)21-18(22-16)23-7-3-4-8-23/h5-6,9-10,20H,3-4,7-8,11-12H2,1-2H3. The zero-order valence-electron chi connectivity index (χ0n) is 13.8. The smallest absolute Gasteiger partial charge is 0.225 e. The monoisotopic (exact) mass is 314 g/mol. The first kappa shape index (κ1) is 15.9. The van der Waals surface area contributed by atoms with E-state index in [4.69, 9.17) is 0 Å². The lowest BCUT2D eigenvalue weighted by Gasteiger charge is -2.16. The molecule has 4 nitrogen and oxygen atoms in total. The molecule has 1 aliphatic rings. The van der Waals surface area contributed by atoms with Crippen LogP contribution in [-0.2, 0) is 13.1 Å². The van der Waals surface area contributed by atoms with Gasteiger partial charge < -0.3 is 10.2 Å². The quantitative estimate of drug-likeness (QED) is 0.920. The number of hydrogen-bond donors (Lipinski definition) is 1. The van der Waals surface area contributed by atoms with E-state index in [0.29, 0.717) is 18.7 Å². The molecule has 0 saturated carbocycles. The summed E-state index contributed by atoms with van der Waals surface area (Å²) in [6.07, 6.45) is 2.43. The van der Waals surface area contributed by atoms with Crippen molar-refractivity contribution in [2.24, 2.45) is 0 Å². The van der Waals surface area contributed by atoms with Crippen LogP contribution >= 0.6 is 0 Å². The van der Waals surface area contributed by atoms with Crippen molar-refractivity contribution in [3.8, 4) is 0 Å². The van der Waals surface area contributed by atoms with Gasteiger partial charge in [0.15, 0.2) is 0 Å². The summed E-state index contributed by atoms with van der Waals surface area (Å²) in [6.45, 7) is 7.27. The van der Waals surface area contributed by atoms with Crippen molar-refractivity contribution in [2.75, 3.05) is 18.0 Å². The summed E-state index contributed by atoms with van der Waals surface area (Å²) in [5, 5.41) is 3.38. The second-order valence-electron chi connectivity index (χ2n) is 6.18. The van der Waals surface area contributed by atoms with Gasteiger partial charge in [0.05, 0.1) is 5.69 Å². The minimum atomic E-state index is -0.157. The molecule has 1 aromatic carbocycles. The molecule has 1 aromatic heterocycles. The van der Waals surface area contributed by atoms with Crippen LogP contribution in [0.2, 0.25) is 0 Å². The summed E-state index contributed by atoms with van der Waals surface area (Å²) >= 11 is 0. The topological polar surface area (TPSA) is 41.1 Å². The first-order valence-corrected chi connectivity index (χ1v) is 8.17. The number of anilines is 1. The Morgan fingerprint density at radius 2 is 1.87 bits per heavy atom. The lowest BCUT2D eigenvalue weighted by molar-refractivity contribution is 0.615. The summed E-state index contributed by atoms with van der Waals surface area (Å²) < 4.78 is 13.3. The average molecular weight is 314 g/mol. The third kappa shape index (κ3) is 4.05. The second kappa shape index (κ2) is 7.04. The Hall–Kier alpha value is -2.01. The molecular formula is C18H23FN4. The van der Waals surface area contributed by atoms with E-state index in [2.05, 4.69) is 20.2 Å². The lowest BCUT2D eigenvalue weighted by atomic mass is 10.1. The summed E-state index contributed by atoms with van der Waals surface area (Å²) in [5.74, 6) is 0.687. The fraction of sp³-hybridized carbons (Fsp3) is 0.444. The van der Waals surface area contributed by atoms with Gasteiger partial charge in [-0.05, 0) is 49.9 Å². The van der Waals surface area contributed by atoms with Crippen LogP contribution in [0.15, 0.2) is 24.3 Å². The maximum atomic E-state index is 13.3. The lowest BCUT2D eigenvalue weighted by Crippen LogP contribution is -2.22. The maximum Gasteiger partial charge on any atom is 0.225 e. The van der Waals surface area contributed by atoms with Crippen LogP contribution in [0.4, 0.5) is 10.3 Å². The number of aromatic nitrogens is 2. The highest BCUT2D eigenvalue weighted by Crippen LogP contribution is 2.16. The van der Waals surface area contributed by atoms with E-state index in [0.717, 1.165) is 36.0 Å². The number of rotatable bonds is 5. The molecule has 1 fully saturated rings. The molecule has 3 rings (SSSR count). The van der Waals surface area contributed by atoms with Crippen LogP contribution in [0, 0.1) is 19.7 Å². The number of hydrogen-bond acceptors (Lipinski definition) is 4. The van der Waals surface area contributed by atoms with Crippen molar-refractivity contribution < 1.29 is 4.39 Å². The highest BCUT2D eigenvalue weighted by Gasteiger charge is 2.15. The number of benzene rings is 1. The minimum Gasteiger partial charge on any atom is -0.341 e. The van der Waals surface area contributed by atoms with E-state index in [1.807, 2.05) is 25.1 Å². The summed E-state index contributed by atoms with van der Waals surface area (Å²) in [6, 6.07) is 7.23. The number of aryl methyl sites for hydroxylation is 2. The van der Waals surface area contributed by atoms with Crippen LogP contribution in [0.1, 0.15) is 35.4 Å². The SMILES string of the molecule is Cc1cc(CNCc2ccc(F)c(C)c2)nc(N2CCCC2)n1. The maximum absolute atomic E-state index is 13.3. The Balaban J connectivity index is 1.62. The van der Waals surface area contributed by atoms with E-state index in [9.17, 15) is 4.39 Å². The van der Waals surface area contributed by atoms with Crippen LogP contribution in [0.5, 0.6) is 0 Å². The molecule has 1 N–H and O–H groups in total. The number of nitrogens with zero attached hydrogens (tertiary/aromatic N) is 3. The third-order valence-corrected chi connectivity index (χ3v) is 4.14. The molecular weight excluding hydrogens is 291 g/mol. The minimum absolute atomic E-state index is 0.157. The molecule has 0 bridgehead atoms. The van der Waals surface area contributed by atoms with Crippen molar-refractivity contribution in [2.45, 2.75) is 39.8 Å². The van der Waals surface area contributed by atoms with Crippen molar-refractivity contribution in [3.05, 3.63) is 52.6 Å². The van der Waals surface area contributed by atoms with Gasteiger partial charge in [0.2, 0.25) is 5.95 Å². The molecule has 1 saturated heterocycles. The van der Waals surface area contributed by atoms with Crippen molar-refractivity contribution >= 4 is 5.95 Å². The molecule has 0 atom stereocenters. The summed E-state index contributed by atoms with van der Waals surface area (Å²) in [4.78, 5) is 11.5. The van der Waals surface area contributed by atoms with Gasteiger partial charge in [0, 0.05) is 31.9 Å². The summed E-state index contributed by atoms with van der Waals surface area (Å²) in [5.41, 5.74) is 3.75. The Kier molecular flexibility index (Phi) is 4.86. The second-order valence-corrected chi connectivity index (χ2v) is 6.18. The predicted molar refractivity (Wildman–Crippen MR) is 89.9 cm³/mol.